The number of carboxylic acid groups (broad SMARTS) is 1. The van der Waals surface area contributed by atoms with Crippen LogP contribution in [0.15, 0.2) is 51.8 Å². The molecule has 0 saturated carbocycles. The molecule has 4 rings (SSSR count). The second-order valence-electron chi connectivity index (χ2n) is 8.75. The SMILES string of the molecule is CCCCc1cc(=O)oc2c(C)c(OCC(=O)NC(Cc3c[nH]c4ccc(O)cc34)C(=O)O)ccc12. The zero-order valence-corrected chi connectivity index (χ0v) is 20.1. The zero-order valence-electron chi connectivity index (χ0n) is 20.1. The second kappa shape index (κ2) is 10.6. The predicted octanol–water partition coefficient (Wildman–Crippen LogP) is 3.82. The number of H-pyrrole nitrogens is 1. The van der Waals surface area contributed by atoms with E-state index in [4.69, 9.17) is 9.15 Å². The molecule has 1 atom stereocenters. The van der Waals surface area contributed by atoms with Crippen molar-refractivity contribution in [2.45, 2.75) is 45.6 Å². The minimum Gasteiger partial charge on any atom is -0.508 e. The Labute approximate surface area is 206 Å². The van der Waals surface area contributed by atoms with Crippen LogP contribution in [0.1, 0.15) is 36.5 Å². The van der Waals surface area contributed by atoms with Crippen LogP contribution in [0, 0.1) is 6.92 Å². The molecule has 2 aromatic heterocycles. The molecule has 4 aromatic rings. The van der Waals surface area contributed by atoms with Gasteiger partial charge in [0.2, 0.25) is 0 Å². The maximum Gasteiger partial charge on any atom is 0.336 e. The van der Waals surface area contributed by atoms with Gasteiger partial charge in [-0.2, -0.15) is 0 Å². The van der Waals surface area contributed by atoms with Gasteiger partial charge >= 0.3 is 11.6 Å². The molecule has 0 aliphatic rings. The van der Waals surface area contributed by atoms with Crippen molar-refractivity contribution in [3.05, 3.63) is 69.7 Å². The van der Waals surface area contributed by atoms with Gasteiger partial charge in [0, 0.05) is 40.5 Å². The topological polar surface area (TPSA) is 142 Å². The van der Waals surface area contributed by atoms with Crippen LogP contribution >= 0.6 is 0 Å². The molecule has 36 heavy (non-hydrogen) atoms. The quantitative estimate of drug-likeness (QED) is 0.247. The first-order valence-electron chi connectivity index (χ1n) is 11.8. The van der Waals surface area contributed by atoms with Crippen molar-refractivity contribution in [1.82, 2.24) is 10.3 Å². The number of aliphatic carboxylic acids is 1. The van der Waals surface area contributed by atoms with Crippen LogP contribution in [0.5, 0.6) is 11.5 Å². The van der Waals surface area contributed by atoms with Gasteiger partial charge in [0.05, 0.1) is 0 Å². The number of hydrogen-bond acceptors (Lipinski definition) is 6. The number of rotatable bonds is 10. The van der Waals surface area contributed by atoms with Crippen LogP contribution in [0.4, 0.5) is 0 Å². The lowest BCUT2D eigenvalue weighted by atomic mass is 10.0. The van der Waals surface area contributed by atoms with E-state index >= 15 is 0 Å². The van der Waals surface area contributed by atoms with Crippen LogP contribution in [0.2, 0.25) is 0 Å². The number of carbonyl (C=O) groups excluding carboxylic acids is 1. The molecule has 0 aliphatic carbocycles. The standard InChI is InChI=1S/C27H28N2O7/c1-3-4-5-16-11-25(32)36-26-15(2)23(9-7-19(16)26)35-14-24(31)29-22(27(33)34)10-17-13-28-21-8-6-18(30)12-20(17)21/h6-9,11-13,22,28,30H,3-5,10,14H2,1-2H3,(H,29,31)(H,33,34). The summed E-state index contributed by atoms with van der Waals surface area (Å²) in [6.45, 7) is 3.41. The highest BCUT2D eigenvalue weighted by Crippen LogP contribution is 2.29. The van der Waals surface area contributed by atoms with Crippen LogP contribution in [0.3, 0.4) is 0 Å². The molecule has 2 aromatic carbocycles. The molecule has 9 nitrogen and oxygen atoms in total. The number of unbranched alkanes of at least 4 members (excludes halogenated alkanes) is 1. The highest BCUT2D eigenvalue weighted by atomic mass is 16.5. The lowest BCUT2D eigenvalue weighted by Gasteiger charge is -2.16. The number of amides is 1. The average Bonchev–Trinajstić information content (AvgIpc) is 3.23. The van der Waals surface area contributed by atoms with Gasteiger partial charge in [-0.3, -0.25) is 4.79 Å². The maximum absolute atomic E-state index is 12.6. The molecule has 4 N–H and O–H groups in total. The molecule has 0 saturated heterocycles. The first-order valence-corrected chi connectivity index (χ1v) is 11.8. The molecule has 2 heterocycles. The maximum atomic E-state index is 12.6. The van der Waals surface area contributed by atoms with Crippen LogP contribution < -0.4 is 15.7 Å². The monoisotopic (exact) mass is 492 g/mol. The molecule has 0 bridgehead atoms. The van der Waals surface area contributed by atoms with Gasteiger partial charge in [0.25, 0.3) is 5.91 Å². The summed E-state index contributed by atoms with van der Waals surface area (Å²) in [5.41, 5.74) is 2.86. The number of aromatic nitrogens is 1. The van der Waals surface area contributed by atoms with Crippen molar-refractivity contribution in [3.8, 4) is 11.5 Å². The van der Waals surface area contributed by atoms with Crippen LogP contribution in [-0.2, 0) is 22.4 Å². The number of carboxylic acids is 1. The molecule has 188 valence electrons. The van der Waals surface area contributed by atoms with E-state index in [1.54, 1.807) is 37.4 Å². The van der Waals surface area contributed by atoms with E-state index in [0.717, 1.165) is 35.7 Å². The van der Waals surface area contributed by atoms with Crippen molar-refractivity contribution in [3.63, 3.8) is 0 Å². The van der Waals surface area contributed by atoms with Gasteiger partial charge in [-0.05, 0) is 61.2 Å². The predicted molar refractivity (Wildman–Crippen MR) is 135 cm³/mol. The van der Waals surface area contributed by atoms with Crippen molar-refractivity contribution >= 4 is 33.7 Å². The Hall–Kier alpha value is -4.27. The van der Waals surface area contributed by atoms with Gasteiger partial charge in [0.1, 0.15) is 23.1 Å². The van der Waals surface area contributed by atoms with Gasteiger partial charge in [-0.1, -0.05) is 13.3 Å². The number of aryl methyl sites for hydroxylation is 2. The molecular weight excluding hydrogens is 464 g/mol. The fourth-order valence-corrected chi connectivity index (χ4v) is 4.27. The van der Waals surface area contributed by atoms with Crippen LogP contribution in [0.25, 0.3) is 21.9 Å². The van der Waals surface area contributed by atoms with Crippen molar-refractivity contribution in [1.29, 1.82) is 0 Å². The lowest BCUT2D eigenvalue weighted by molar-refractivity contribution is -0.142. The summed E-state index contributed by atoms with van der Waals surface area (Å²) < 4.78 is 11.1. The Morgan fingerprint density at radius 3 is 2.69 bits per heavy atom. The fourth-order valence-electron chi connectivity index (χ4n) is 4.27. The van der Waals surface area contributed by atoms with E-state index in [1.165, 1.54) is 12.1 Å². The number of aromatic amines is 1. The summed E-state index contributed by atoms with van der Waals surface area (Å²) in [5.74, 6) is -1.37. The molecule has 0 fully saturated rings. The zero-order chi connectivity index (χ0) is 25.8. The molecular formula is C27H28N2O7. The summed E-state index contributed by atoms with van der Waals surface area (Å²) in [7, 11) is 0. The van der Waals surface area contributed by atoms with Gasteiger partial charge in [0.15, 0.2) is 6.61 Å². The minimum absolute atomic E-state index is 0.0191. The van der Waals surface area contributed by atoms with E-state index in [2.05, 4.69) is 17.2 Å². The van der Waals surface area contributed by atoms with E-state index in [-0.39, 0.29) is 12.2 Å². The lowest BCUT2D eigenvalue weighted by Crippen LogP contribution is -2.44. The number of ether oxygens (including phenoxy) is 1. The number of hydrogen-bond donors (Lipinski definition) is 4. The molecule has 1 unspecified atom stereocenters. The Kier molecular flexibility index (Phi) is 7.28. The first kappa shape index (κ1) is 24.8. The summed E-state index contributed by atoms with van der Waals surface area (Å²) in [4.78, 5) is 39.5. The molecule has 0 aliphatic heterocycles. The largest absolute Gasteiger partial charge is 0.508 e. The number of carbonyl (C=O) groups is 2. The van der Waals surface area contributed by atoms with Gasteiger partial charge in [-0.15, -0.1) is 0 Å². The summed E-state index contributed by atoms with van der Waals surface area (Å²) in [6.07, 6.45) is 4.37. The third-order valence-corrected chi connectivity index (χ3v) is 6.16. The van der Waals surface area contributed by atoms with Crippen molar-refractivity contribution in [2.75, 3.05) is 6.61 Å². The average molecular weight is 493 g/mol. The van der Waals surface area contributed by atoms with E-state index in [9.17, 15) is 24.6 Å². The van der Waals surface area contributed by atoms with E-state index < -0.39 is 30.2 Å². The van der Waals surface area contributed by atoms with E-state index in [1.807, 2.05) is 0 Å². The number of aromatic hydroxyl groups is 1. The van der Waals surface area contributed by atoms with Gasteiger partial charge in [-0.25, -0.2) is 9.59 Å². The first-order chi connectivity index (χ1) is 17.3. The van der Waals surface area contributed by atoms with Crippen molar-refractivity contribution < 1.29 is 29.0 Å². The highest BCUT2D eigenvalue weighted by molar-refractivity contribution is 5.88. The number of phenolic OH excluding ortho intramolecular Hbond substituents is 1. The summed E-state index contributed by atoms with van der Waals surface area (Å²) in [6, 6.07) is 8.59. The third-order valence-electron chi connectivity index (χ3n) is 6.16. The molecule has 0 spiro atoms. The summed E-state index contributed by atoms with van der Waals surface area (Å²) in [5, 5.41) is 23.4. The Morgan fingerprint density at radius 1 is 1.14 bits per heavy atom. The van der Waals surface area contributed by atoms with E-state index in [0.29, 0.717) is 27.8 Å². The highest BCUT2D eigenvalue weighted by Gasteiger charge is 2.23. The minimum atomic E-state index is -1.20. The third kappa shape index (κ3) is 5.35. The fraction of sp³-hybridized carbons (Fsp3) is 0.296. The van der Waals surface area contributed by atoms with Crippen molar-refractivity contribution in [2.24, 2.45) is 0 Å². The molecule has 0 radical (unpaired) electrons. The Morgan fingerprint density at radius 2 is 1.94 bits per heavy atom. The summed E-state index contributed by atoms with van der Waals surface area (Å²) >= 11 is 0. The Balaban J connectivity index is 1.46. The van der Waals surface area contributed by atoms with Gasteiger partial charge < -0.3 is 29.7 Å². The smallest absolute Gasteiger partial charge is 0.336 e. The second-order valence-corrected chi connectivity index (χ2v) is 8.75. The number of phenols is 1. The number of nitrogens with one attached hydrogen (secondary N) is 2. The van der Waals surface area contributed by atoms with Crippen LogP contribution in [-0.4, -0.2) is 39.7 Å². The number of fused-ring (bicyclic) bond motifs is 2. The number of benzene rings is 2. The Bertz CT molecular complexity index is 1490. The molecule has 1 amide bonds. The molecule has 9 heteroatoms. The normalized spacial score (nSPS) is 12.1.